The highest BCUT2D eigenvalue weighted by molar-refractivity contribution is 7.99. The van der Waals surface area contributed by atoms with E-state index >= 15 is 0 Å². The molecule has 0 aliphatic heterocycles. The van der Waals surface area contributed by atoms with Crippen molar-refractivity contribution in [1.82, 2.24) is 9.97 Å². The summed E-state index contributed by atoms with van der Waals surface area (Å²) in [4.78, 5) is 8.77. The van der Waals surface area contributed by atoms with Crippen LogP contribution in [0.3, 0.4) is 0 Å². The molecule has 3 aromatic rings. The van der Waals surface area contributed by atoms with Crippen LogP contribution in [0.25, 0.3) is 11.1 Å². The third-order valence-corrected chi connectivity index (χ3v) is 3.50. The van der Waals surface area contributed by atoms with Crippen LogP contribution in [0.1, 0.15) is 5.56 Å². The number of para-hydroxylation sites is 2. The molecule has 0 atom stereocenters. The molecule has 0 aliphatic carbocycles. The number of nitrogens with zero attached hydrogens (tertiary/aromatic N) is 2. The Labute approximate surface area is 115 Å². The summed E-state index contributed by atoms with van der Waals surface area (Å²) < 4.78 is 5.64. The number of rotatable bonds is 4. The Bertz CT molecular complexity index is 645. The number of nitrogens with two attached hydrogens (primary N) is 1. The molecule has 0 aliphatic rings. The van der Waals surface area contributed by atoms with Crippen LogP contribution in [0, 0.1) is 0 Å². The van der Waals surface area contributed by atoms with E-state index in [1.165, 1.54) is 11.8 Å². The second kappa shape index (κ2) is 5.42. The zero-order valence-electron chi connectivity index (χ0n) is 10.2. The van der Waals surface area contributed by atoms with Crippen LogP contribution in [-0.2, 0) is 6.42 Å². The minimum atomic E-state index is 0.611. The maximum atomic E-state index is 5.64. The molecular formula is C14H13N3OS. The number of oxazole rings is 1. The molecule has 2 aromatic heterocycles. The lowest BCUT2D eigenvalue weighted by Crippen LogP contribution is -2.02. The summed E-state index contributed by atoms with van der Waals surface area (Å²) in [6.45, 7) is 0.638. The number of aromatic nitrogens is 2. The zero-order valence-corrected chi connectivity index (χ0v) is 11.1. The maximum Gasteiger partial charge on any atom is 0.263 e. The van der Waals surface area contributed by atoms with E-state index in [2.05, 4.69) is 9.97 Å². The molecule has 3 rings (SSSR count). The molecule has 19 heavy (non-hydrogen) atoms. The minimum absolute atomic E-state index is 0.611. The number of hydrogen-bond acceptors (Lipinski definition) is 5. The van der Waals surface area contributed by atoms with Gasteiger partial charge in [0.05, 0.1) is 0 Å². The highest BCUT2D eigenvalue weighted by Crippen LogP contribution is 2.28. The Kier molecular flexibility index (Phi) is 3.48. The fourth-order valence-electron chi connectivity index (χ4n) is 1.77. The van der Waals surface area contributed by atoms with E-state index in [1.54, 1.807) is 0 Å². The van der Waals surface area contributed by atoms with Crippen LogP contribution in [0.2, 0.25) is 0 Å². The fraction of sp³-hybridized carbons (Fsp3) is 0.143. The topological polar surface area (TPSA) is 64.9 Å². The third-order valence-electron chi connectivity index (χ3n) is 2.70. The van der Waals surface area contributed by atoms with Crippen molar-refractivity contribution in [1.29, 1.82) is 0 Å². The van der Waals surface area contributed by atoms with E-state index in [-0.39, 0.29) is 0 Å². The summed E-state index contributed by atoms with van der Waals surface area (Å²) in [5.41, 5.74) is 8.31. The summed E-state index contributed by atoms with van der Waals surface area (Å²) in [6.07, 6.45) is 2.69. The molecule has 2 N–H and O–H groups in total. The van der Waals surface area contributed by atoms with E-state index in [1.807, 2.05) is 42.6 Å². The maximum absolute atomic E-state index is 5.64. The first-order chi connectivity index (χ1) is 9.35. The van der Waals surface area contributed by atoms with Crippen molar-refractivity contribution in [2.45, 2.75) is 16.7 Å². The summed E-state index contributed by atoms with van der Waals surface area (Å²) in [6, 6.07) is 11.7. The van der Waals surface area contributed by atoms with Crippen molar-refractivity contribution >= 4 is 22.9 Å². The number of pyridine rings is 1. The van der Waals surface area contributed by atoms with Crippen molar-refractivity contribution in [2.24, 2.45) is 5.73 Å². The van der Waals surface area contributed by atoms with Gasteiger partial charge in [-0.05, 0) is 48.5 Å². The first-order valence-corrected chi connectivity index (χ1v) is 6.85. The first-order valence-electron chi connectivity index (χ1n) is 6.03. The largest absolute Gasteiger partial charge is 0.431 e. The quantitative estimate of drug-likeness (QED) is 0.790. The van der Waals surface area contributed by atoms with Crippen molar-refractivity contribution in [2.75, 3.05) is 6.54 Å². The van der Waals surface area contributed by atoms with Gasteiger partial charge >= 0.3 is 0 Å². The normalized spacial score (nSPS) is 11.0. The monoisotopic (exact) mass is 271 g/mol. The Balaban J connectivity index is 1.80. The number of hydrogen-bond donors (Lipinski definition) is 1. The summed E-state index contributed by atoms with van der Waals surface area (Å²) in [7, 11) is 0. The van der Waals surface area contributed by atoms with Gasteiger partial charge in [-0.3, -0.25) is 0 Å². The second-order valence-electron chi connectivity index (χ2n) is 4.09. The van der Waals surface area contributed by atoms with Crippen LogP contribution < -0.4 is 5.73 Å². The molecule has 0 fully saturated rings. The lowest BCUT2D eigenvalue weighted by Gasteiger charge is -1.99. The van der Waals surface area contributed by atoms with E-state index in [0.717, 1.165) is 28.1 Å². The zero-order chi connectivity index (χ0) is 13.1. The Morgan fingerprint density at radius 2 is 2.05 bits per heavy atom. The predicted octanol–water partition coefficient (Wildman–Crippen LogP) is 2.88. The summed E-state index contributed by atoms with van der Waals surface area (Å²) in [5, 5.41) is 1.48. The van der Waals surface area contributed by atoms with Gasteiger partial charge in [-0.2, -0.15) is 0 Å². The fourth-order valence-corrected chi connectivity index (χ4v) is 2.47. The summed E-state index contributed by atoms with van der Waals surface area (Å²) >= 11 is 1.42. The van der Waals surface area contributed by atoms with Gasteiger partial charge in [0.25, 0.3) is 5.22 Å². The third kappa shape index (κ3) is 2.77. The second-order valence-corrected chi connectivity index (χ2v) is 5.06. The van der Waals surface area contributed by atoms with Gasteiger partial charge in [-0.25, -0.2) is 9.97 Å². The Morgan fingerprint density at radius 1 is 1.16 bits per heavy atom. The van der Waals surface area contributed by atoms with Crippen molar-refractivity contribution in [3.8, 4) is 0 Å². The van der Waals surface area contributed by atoms with Crippen molar-refractivity contribution in [3.63, 3.8) is 0 Å². The first kappa shape index (κ1) is 12.2. The lowest BCUT2D eigenvalue weighted by atomic mass is 10.2. The van der Waals surface area contributed by atoms with Gasteiger partial charge in [0.15, 0.2) is 5.58 Å². The lowest BCUT2D eigenvalue weighted by molar-refractivity contribution is 0.489. The Morgan fingerprint density at radius 3 is 2.79 bits per heavy atom. The van der Waals surface area contributed by atoms with Gasteiger partial charge in [0, 0.05) is 6.20 Å². The van der Waals surface area contributed by atoms with Crippen molar-refractivity contribution in [3.05, 3.63) is 48.2 Å². The SMILES string of the molecule is NCCc1ccc(Sc2nc3ccccc3o2)nc1. The average molecular weight is 271 g/mol. The number of fused-ring (bicyclic) bond motifs is 1. The molecule has 0 unspecified atom stereocenters. The van der Waals surface area contributed by atoms with E-state index in [0.29, 0.717) is 11.8 Å². The molecule has 96 valence electrons. The van der Waals surface area contributed by atoms with E-state index in [9.17, 15) is 0 Å². The van der Waals surface area contributed by atoms with Crippen LogP contribution in [0.4, 0.5) is 0 Å². The minimum Gasteiger partial charge on any atom is -0.431 e. The van der Waals surface area contributed by atoms with Crippen LogP contribution in [0.15, 0.2) is 57.3 Å². The van der Waals surface area contributed by atoms with Gasteiger partial charge in [-0.15, -0.1) is 0 Å². The predicted molar refractivity (Wildman–Crippen MR) is 75.1 cm³/mol. The smallest absolute Gasteiger partial charge is 0.263 e. The van der Waals surface area contributed by atoms with Crippen LogP contribution in [-0.4, -0.2) is 16.5 Å². The molecule has 4 nitrogen and oxygen atoms in total. The Hall–Kier alpha value is -1.85. The molecule has 0 amide bonds. The van der Waals surface area contributed by atoms with Gasteiger partial charge < -0.3 is 10.2 Å². The highest BCUT2D eigenvalue weighted by atomic mass is 32.2. The molecule has 1 aromatic carbocycles. The van der Waals surface area contributed by atoms with Gasteiger partial charge in [0.1, 0.15) is 10.5 Å². The molecule has 0 bridgehead atoms. The van der Waals surface area contributed by atoms with Crippen LogP contribution >= 0.6 is 11.8 Å². The highest BCUT2D eigenvalue weighted by Gasteiger charge is 2.07. The molecule has 2 heterocycles. The molecule has 0 radical (unpaired) electrons. The van der Waals surface area contributed by atoms with Crippen LogP contribution in [0.5, 0.6) is 0 Å². The molecule has 5 heteroatoms. The standard InChI is InChI=1S/C14H13N3OS/c15-8-7-10-5-6-13(16-9-10)19-14-17-11-3-1-2-4-12(11)18-14/h1-6,9H,7-8,15H2. The summed E-state index contributed by atoms with van der Waals surface area (Å²) in [5.74, 6) is 0. The van der Waals surface area contributed by atoms with E-state index < -0.39 is 0 Å². The molecule has 0 saturated heterocycles. The molecular weight excluding hydrogens is 258 g/mol. The van der Waals surface area contributed by atoms with Crippen molar-refractivity contribution < 1.29 is 4.42 Å². The van der Waals surface area contributed by atoms with E-state index in [4.69, 9.17) is 10.2 Å². The number of benzene rings is 1. The van der Waals surface area contributed by atoms with Gasteiger partial charge in [-0.1, -0.05) is 18.2 Å². The average Bonchev–Trinajstić information content (AvgIpc) is 2.83. The molecule has 0 saturated carbocycles. The molecule has 0 spiro atoms. The van der Waals surface area contributed by atoms with Gasteiger partial charge in [0.2, 0.25) is 0 Å².